The maximum atomic E-state index is 12.3. The molecule has 0 atom stereocenters. The van der Waals surface area contributed by atoms with Crippen LogP contribution in [0, 0.1) is 13.8 Å². The molecule has 1 heterocycles. The van der Waals surface area contributed by atoms with Crippen LogP contribution in [0.1, 0.15) is 35.8 Å². The Kier molecular flexibility index (Phi) is 4.54. The number of sulfonamides is 1. The molecule has 124 valence electrons. The van der Waals surface area contributed by atoms with Gasteiger partial charge in [-0.05, 0) is 62.9 Å². The fraction of sp³-hybridized carbons (Fsp3) is 0.412. The van der Waals surface area contributed by atoms with Gasteiger partial charge in [-0.25, -0.2) is 13.1 Å². The number of halogens is 1. The second-order valence-electron chi connectivity index (χ2n) is 6.10. The quantitative estimate of drug-likeness (QED) is 0.863. The van der Waals surface area contributed by atoms with Gasteiger partial charge in [0, 0.05) is 29.0 Å². The van der Waals surface area contributed by atoms with Crippen LogP contribution in [0.25, 0.3) is 0 Å². The number of nitrogens with one attached hydrogen (secondary N) is 1. The molecule has 1 saturated carbocycles. The zero-order valence-electron chi connectivity index (χ0n) is 13.3. The van der Waals surface area contributed by atoms with Crippen molar-refractivity contribution in [1.29, 1.82) is 0 Å². The van der Waals surface area contributed by atoms with Crippen LogP contribution in [0.4, 0.5) is 0 Å². The highest BCUT2D eigenvalue weighted by Gasteiger charge is 2.26. The standard InChI is InChI=1S/C17H21ClN2O2S/c1-12-10-14(13(2)20(12)16-6-7-16)8-9-19-23(21,22)17-5-3-4-15(18)11-17/h3-5,10-11,16,19H,6-9H2,1-2H3. The molecule has 1 aliphatic carbocycles. The minimum absolute atomic E-state index is 0.202. The van der Waals surface area contributed by atoms with E-state index in [1.165, 1.54) is 35.9 Å². The third kappa shape index (κ3) is 3.62. The summed E-state index contributed by atoms with van der Waals surface area (Å²) in [6.07, 6.45) is 3.18. The Hall–Kier alpha value is -1.30. The highest BCUT2D eigenvalue weighted by Crippen LogP contribution is 2.38. The van der Waals surface area contributed by atoms with E-state index >= 15 is 0 Å². The Bertz CT molecular complexity index is 823. The van der Waals surface area contributed by atoms with E-state index in [0.717, 1.165) is 0 Å². The summed E-state index contributed by atoms with van der Waals surface area (Å²) in [5.41, 5.74) is 3.73. The lowest BCUT2D eigenvalue weighted by Crippen LogP contribution is -2.26. The molecule has 0 radical (unpaired) electrons. The average molecular weight is 353 g/mol. The molecule has 0 aliphatic heterocycles. The van der Waals surface area contributed by atoms with E-state index in [4.69, 9.17) is 11.6 Å². The van der Waals surface area contributed by atoms with Gasteiger partial charge in [-0.3, -0.25) is 0 Å². The highest BCUT2D eigenvalue weighted by molar-refractivity contribution is 7.89. The Morgan fingerprint density at radius 2 is 2.00 bits per heavy atom. The molecular formula is C17H21ClN2O2S. The van der Waals surface area contributed by atoms with Crippen LogP contribution in [-0.2, 0) is 16.4 Å². The van der Waals surface area contributed by atoms with E-state index in [1.54, 1.807) is 18.2 Å². The lowest BCUT2D eigenvalue weighted by atomic mass is 10.2. The van der Waals surface area contributed by atoms with Crippen molar-refractivity contribution in [2.75, 3.05) is 6.54 Å². The molecular weight excluding hydrogens is 332 g/mol. The Labute approximate surface area is 142 Å². The van der Waals surface area contributed by atoms with Gasteiger partial charge in [0.05, 0.1) is 4.90 Å². The summed E-state index contributed by atoms with van der Waals surface area (Å²) >= 11 is 5.86. The van der Waals surface area contributed by atoms with Crippen LogP contribution in [0.3, 0.4) is 0 Å². The molecule has 4 nitrogen and oxygen atoms in total. The first-order valence-electron chi connectivity index (χ1n) is 7.81. The molecule has 1 aliphatic rings. The predicted octanol–water partition coefficient (Wildman–Crippen LogP) is 3.61. The molecule has 1 N–H and O–H groups in total. The summed E-state index contributed by atoms with van der Waals surface area (Å²) in [5, 5.41) is 0.417. The van der Waals surface area contributed by atoms with Gasteiger partial charge in [-0.15, -0.1) is 0 Å². The topological polar surface area (TPSA) is 51.1 Å². The monoisotopic (exact) mass is 352 g/mol. The van der Waals surface area contributed by atoms with Gasteiger partial charge in [0.25, 0.3) is 0 Å². The average Bonchev–Trinajstić information content (AvgIpc) is 3.26. The molecule has 1 aromatic carbocycles. The molecule has 1 fully saturated rings. The van der Waals surface area contributed by atoms with Crippen LogP contribution < -0.4 is 4.72 Å². The molecule has 0 spiro atoms. The maximum Gasteiger partial charge on any atom is 0.240 e. The smallest absolute Gasteiger partial charge is 0.240 e. The summed E-state index contributed by atoms with van der Waals surface area (Å²) < 4.78 is 29.6. The first kappa shape index (κ1) is 16.6. The molecule has 23 heavy (non-hydrogen) atoms. The number of aromatic nitrogens is 1. The van der Waals surface area contributed by atoms with Crippen LogP contribution in [0.2, 0.25) is 5.02 Å². The lowest BCUT2D eigenvalue weighted by Gasteiger charge is -2.09. The number of aryl methyl sites for hydroxylation is 1. The number of hydrogen-bond donors (Lipinski definition) is 1. The number of rotatable bonds is 6. The van der Waals surface area contributed by atoms with E-state index in [1.807, 2.05) is 0 Å². The molecule has 0 unspecified atom stereocenters. The first-order chi connectivity index (χ1) is 10.9. The molecule has 0 saturated heterocycles. The fourth-order valence-electron chi connectivity index (χ4n) is 3.03. The van der Waals surface area contributed by atoms with Crippen molar-refractivity contribution in [3.8, 4) is 0 Å². The van der Waals surface area contributed by atoms with Crippen molar-refractivity contribution in [2.24, 2.45) is 0 Å². The van der Waals surface area contributed by atoms with Crippen molar-refractivity contribution < 1.29 is 8.42 Å². The maximum absolute atomic E-state index is 12.3. The third-order valence-electron chi connectivity index (χ3n) is 4.29. The Balaban J connectivity index is 1.66. The Morgan fingerprint density at radius 1 is 1.26 bits per heavy atom. The molecule has 2 aromatic rings. The molecule has 3 rings (SSSR count). The van der Waals surface area contributed by atoms with Gasteiger partial charge in [-0.1, -0.05) is 17.7 Å². The third-order valence-corrected chi connectivity index (χ3v) is 5.99. The van der Waals surface area contributed by atoms with E-state index in [9.17, 15) is 8.42 Å². The van der Waals surface area contributed by atoms with Gasteiger partial charge in [0.15, 0.2) is 0 Å². The predicted molar refractivity (Wildman–Crippen MR) is 92.5 cm³/mol. The fourth-order valence-corrected chi connectivity index (χ4v) is 4.36. The highest BCUT2D eigenvalue weighted by atomic mass is 35.5. The van der Waals surface area contributed by atoms with Crippen molar-refractivity contribution >= 4 is 21.6 Å². The zero-order chi connectivity index (χ0) is 16.6. The van der Waals surface area contributed by atoms with Crippen LogP contribution >= 0.6 is 11.6 Å². The SMILES string of the molecule is Cc1cc(CCNS(=O)(=O)c2cccc(Cl)c2)c(C)n1C1CC1. The van der Waals surface area contributed by atoms with Crippen molar-refractivity contribution in [3.05, 3.63) is 52.3 Å². The minimum atomic E-state index is -3.51. The van der Waals surface area contributed by atoms with Crippen LogP contribution in [0.5, 0.6) is 0 Å². The summed E-state index contributed by atoms with van der Waals surface area (Å²) in [6.45, 7) is 4.61. The van der Waals surface area contributed by atoms with E-state index in [2.05, 4.69) is 29.2 Å². The second-order valence-corrected chi connectivity index (χ2v) is 8.31. The summed E-state index contributed by atoms with van der Waals surface area (Å²) in [5.74, 6) is 0. The molecule has 6 heteroatoms. The normalized spacial score (nSPS) is 15.1. The van der Waals surface area contributed by atoms with E-state index < -0.39 is 10.0 Å². The summed E-state index contributed by atoms with van der Waals surface area (Å²) in [7, 11) is -3.51. The Morgan fingerprint density at radius 3 is 2.65 bits per heavy atom. The van der Waals surface area contributed by atoms with Crippen molar-refractivity contribution in [1.82, 2.24) is 9.29 Å². The number of benzene rings is 1. The van der Waals surface area contributed by atoms with E-state index in [0.29, 0.717) is 24.0 Å². The minimum Gasteiger partial charge on any atom is -0.346 e. The molecule has 0 bridgehead atoms. The van der Waals surface area contributed by atoms with Crippen molar-refractivity contribution in [3.63, 3.8) is 0 Å². The van der Waals surface area contributed by atoms with E-state index in [-0.39, 0.29) is 4.90 Å². The zero-order valence-corrected chi connectivity index (χ0v) is 14.9. The summed E-state index contributed by atoms with van der Waals surface area (Å²) in [4.78, 5) is 0.202. The van der Waals surface area contributed by atoms with Gasteiger partial charge >= 0.3 is 0 Å². The first-order valence-corrected chi connectivity index (χ1v) is 9.67. The number of nitrogens with zero attached hydrogens (tertiary/aromatic N) is 1. The number of hydrogen-bond acceptors (Lipinski definition) is 2. The van der Waals surface area contributed by atoms with Gasteiger partial charge in [0.1, 0.15) is 0 Å². The lowest BCUT2D eigenvalue weighted by molar-refractivity contribution is 0.581. The van der Waals surface area contributed by atoms with Crippen LogP contribution in [0.15, 0.2) is 35.2 Å². The van der Waals surface area contributed by atoms with Gasteiger partial charge in [-0.2, -0.15) is 0 Å². The summed E-state index contributed by atoms with van der Waals surface area (Å²) in [6, 6.07) is 9.12. The molecule has 0 amide bonds. The van der Waals surface area contributed by atoms with Gasteiger partial charge < -0.3 is 4.57 Å². The van der Waals surface area contributed by atoms with Crippen molar-refractivity contribution in [2.45, 2.75) is 44.0 Å². The van der Waals surface area contributed by atoms with Crippen LogP contribution in [-0.4, -0.2) is 19.5 Å². The second kappa shape index (κ2) is 6.30. The molecule has 1 aromatic heterocycles. The van der Waals surface area contributed by atoms with Gasteiger partial charge in [0.2, 0.25) is 10.0 Å². The largest absolute Gasteiger partial charge is 0.346 e.